The van der Waals surface area contributed by atoms with Crippen molar-refractivity contribution >= 4 is 29.3 Å². The summed E-state index contributed by atoms with van der Waals surface area (Å²) in [6, 6.07) is 0.198. The van der Waals surface area contributed by atoms with Gasteiger partial charge in [0.05, 0.1) is 11.3 Å². The first-order valence-electron chi connectivity index (χ1n) is 6.29. The first-order chi connectivity index (χ1) is 10.5. The van der Waals surface area contributed by atoms with Crippen molar-refractivity contribution in [2.24, 2.45) is 5.11 Å². The molecule has 22 heavy (non-hydrogen) atoms. The first-order valence-corrected chi connectivity index (χ1v) is 6.29. The van der Waals surface area contributed by atoms with E-state index in [4.69, 9.17) is 5.53 Å². The number of carbonyl (C=O) groups is 4. The third-order valence-corrected chi connectivity index (χ3v) is 3.43. The number of hydrogen-bond donors (Lipinski definition) is 1. The Morgan fingerprint density at radius 1 is 1.32 bits per heavy atom. The molecule has 0 radical (unpaired) electrons. The van der Waals surface area contributed by atoms with Crippen molar-refractivity contribution in [3.05, 3.63) is 34.0 Å². The van der Waals surface area contributed by atoms with Gasteiger partial charge in [-0.05, 0) is 18.0 Å². The number of piperidine rings is 1. The Labute approximate surface area is 122 Å². The third kappa shape index (κ3) is 1.98. The fraction of sp³-hybridized carbons (Fsp3) is 0.250. The molecule has 1 fully saturated rings. The highest BCUT2D eigenvalue weighted by atomic mass is 16.2. The summed E-state index contributed by atoms with van der Waals surface area (Å²) in [5.41, 5.74) is 8.34. The maximum atomic E-state index is 12.4. The van der Waals surface area contributed by atoms with Gasteiger partial charge >= 0.3 is 0 Å². The molecule has 0 spiro atoms. The Morgan fingerprint density at radius 3 is 2.77 bits per heavy atom. The number of nitrogens with one attached hydrogen (secondary N) is 1. The van der Waals surface area contributed by atoms with Crippen LogP contribution in [-0.2, 0) is 9.59 Å². The molecule has 0 aliphatic carbocycles. The SMILES string of the molecule is [N-]=[N+]=Nc1cnc2c(c1)C(=O)N(C1CCC(=O)NC1=O)C2=O. The first kappa shape index (κ1) is 13.7. The molecule has 2 aliphatic rings. The van der Waals surface area contributed by atoms with E-state index in [9.17, 15) is 19.2 Å². The molecular formula is C12H8N6O4. The molecule has 110 valence electrons. The van der Waals surface area contributed by atoms with Gasteiger partial charge in [-0.1, -0.05) is 5.11 Å². The zero-order valence-corrected chi connectivity index (χ0v) is 11.0. The smallest absolute Gasteiger partial charge is 0.280 e. The van der Waals surface area contributed by atoms with Crippen LogP contribution < -0.4 is 5.32 Å². The van der Waals surface area contributed by atoms with Crippen LogP contribution in [0.1, 0.15) is 33.7 Å². The minimum atomic E-state index is -1.05. The summed E-state index contributed by atoms with van der Waals surface area (Å²) in [7, 11) is 0. The van der Waals surface area contributed by atoms with Gasteiger partial charge in [-0.3, -0.25) is 29.4 Å². The van der Waals surface area contributed by atoms with Crippen molar-refractivity contribution in [2.75, 3.05) is 0 Å². The molecule has 0 saturated carbocycles. The predicted molar refractivity (Wildman–Crippen MR) is 69.7 cm³/mol. The van der Waals surface area contributed by atoms with E-state index in [2.05, 4.69) is 20.3 Å². The van der Waals surface area contributed by atoms with Gasteiger partial charge in [0.2, 0.25) is 11.8 Å². The van der Waals surface area contributed by atoms with Crippen molar-refractivity contribution in [3.8, 4) is 0 Å². The Hall–Kier alpha value is -3.26. The Morgan fingerprint density at radius 2 is 2.09 bits per heavy atom. The van der Waals surface area contributed by atoms with Crippen LogP contribution in [0.15, 0.2) is 17.4 Å². The molecule has 3 heterocycles. The fourth-order valence-corrected chi connectivity index (χ4v) is 2.44. The maximum Gasteiger partial charge on any atom is 0.280 e. The maximum absolute atomic E-state index is 12.4. The zero-order valence-electron chi connectivity index (χ0n) is 11.0. The second-order valence-electron chi connectivity index (χ2n) is 4.73. The van der Waals surface area contributed by atoms with Crippen LogP contribution in [-0.4, -0.2) is 39.6 Å². The molecule has 2 aliphatic heterocycles. The highest BCUT2D eigenvalue weighted by Gasteiger charge is 2.45. The van der Waals surface area contributed by atoms with Crippen molar-refractivity contribution in [2.45, 2.75) is 18.9 Å². The molecule has 0 bridgehead atoms. The number of azide groups is 1. The summed E-state index contributed by atoms with van der Waals surface area (Å²) in [4.78, 5) is 54.8. The van der Waals surface area contributed by atoms with Crippen LogP contribution in [0.4, 0.5) is 5.69 Å². The molecule has 1 aromatic rings. The molecule has 1 saturated heterocycles. The second-order valence-corrected chi connectivity index (χ2v) is 4.73. The van der Waals surface area contributed by atoms with E-state index >= 15 is 0 Å². The van der Waals surface area contributed by atoms with Crippen LogP contribution in [0.3, 0.4) is 0 Å². The number of aromatic nitrogens is 1. The average molecular weight is 300 g/mol. The van der Waals surface area contributed by atoms with Gasteiger partial charge in [-0.2, -0.15) is 0 Å². The van der Waals surface area contributed by atoms with Gasteiger partial charge in [0.25, 0.3) is 11.8 Å². The van der Waals surface area contributed by atoms with Crippen LogP contribution in [0.5, 0.6) is 0 Å². The molecule has 1 unspecified atom stereocenters. The molecule has 1 aromatic heterocycles. The minimum Gasteiger partial charge on any atom is -0.295 e. The van der Waals surface area contributed by atoms with E-state index < -0.39 is 29.7 Å². The number of rotatable bonds is 2. The van der Waals surface area contributed by atoms with E-state index in [1.54, 1.807) is 0 Å². The summed E-state index contributed by atoms with van der Waals surface area (Å²) in [6.45, 7) is 0. The molecule has 4 amide bonds. The molecule has 3 rings (SSSR count). The highest BCUT2D eigenvalue weighted by molar-refractivity contribution is 6.22. The van der Waals surface area contributed by atoms with Gasteiger partial charge in [-0.15, -0.1) is 0 Å². The molecule has 10 nitrogen and oxygen atoms in total. The normalized spacial score (nSPS) is 20.5. The fourth-order valence-electron chi connectivity index (χ4n) is 2.44. The number of fused-ring (bicyclic) bond motifs is 1. The largest absolute Gasteiger partial charge is 0.295 e. The summed E-state index contributed by atoms with van der Waals surface area (Å²) in [5.74, 6) is -2.54. The lowest BCUT2D eigenvalue weighted by Gasteiger charge is -2.27. The molecule has 1 N–H and O–H groups in total. The zero-order chi connectivity index (χ0) is 15.9. The predicted octanol–water partition coefficient (Wildman–Crippen LogP) is 0.425. The minimum absolute atomic E-state index is 0.0281. The van der Waals surface area contributed by atoms with E-state index in [0.29, 0.717) is 0 Å². The lowest BCUT2D eigenvalue weighted by Crippen LogP contribution is -2.54. The summed E-state index contributed by atoms with van der Waals surface area (Å²) < 4.78 is 0. The highest BCUT2D eigenvalue weighted by Crippen LogP contribution is 2.28. The lowest BCUT2D eigenvalue weighted by molar-refractivity contribution is -0.136. The van der Waals surface area contributed by atoms with Crippen LogP contribution in [0.25, 0.3) is 10.4 Å². The van der Waals surface area contributed by atoms with Gasteiger partial charge in [0.15, 0.2) is 0 Å². The summed E-state index contributed by atoms with van der Waals surface area (Å²) in [6.07, 6.45) is 1.28. The van der Waals surface area contributed by atoms with Crippen LogP contribution >= 0.6 is 0 Å². The van der Waals surface area contributed by atoms with E-state index in [-0.39, 0.29) is 29.8 Å². The standard InChI is InChI=1S/C12H8N6O4/c13-17-16-5-3-6-9(14-4-5)12(22)18(11(6)21)7-1-2-8(19)15-10(7)20/h3-4,7H,1-2H2,(H,15,19,20). The molecule has 1 atom stereocenters. The topological polar surface area (TPSA) is 145 Å². The van der Waals surface area contributed by atoms with E-state index in [1.807, 2.05) is 0 Å². The van der Waals surface area contributed by atoms with E-state index in [1.165, 1.54) is 6.07 Å². The molecule has 0 aromatic carbocycles. The number of pyridine rings is 1. The Kier molecular flexibility index (Phi) is 3.08. The lowest BCUT2D eigenvalue weighted by atomic mass is 10.0. The van der Waals surface area contributed by atoms with Crippen LogP contribution in [0, 0.1) is 0 Å². The van der Waals surface area contributed by atoms with Gasteiger partial charge in [-0.25, -0.2) is 4.98 Å². The molecule has 10 heteroatoms. The van der Waals surface area contributed by atoms with Crippen molar-refractivity contribution < 1.29 is 19.2 Å². The summed E-state index contributed by atoms with van der Waals surface area (Å²) in [5, 5.41) is 5.41. The quantitative estimate of drug-likeness (QED) is 0.364. The van der Waals surface area contributed by atoms with Gasteiger partial charge < -0.3 is 0 Å². The number of carbonyl (C=O) groups excluding carboxylic acids is 4. The van der Waals surface area contributed by atoms with Crippen molar-refractivity contribution in [1.29, 1.82) is 0 Å². The average Bonchev–Trinajstić information content (AvgIpc) is 2.72. The third-order valence-electron chi connectivity index (χ3n) is 3.43. The monoisotopic (exact) mass is 300 g/mol. The number of imide groups is 2. The van der Waals surface area contributed by atoms with Gasteiger partial charge in [0, 0.05) is 17.5 Å². The van der Waals surface area contributed by atoms with E-state index in [0.717, 1.165) is 11.1 Å². The Bertz CT molecular complexity index is 782. The number of amides is 4. The van der Waals surface area contributed by atoms with Crippen molar-refractivity contribution in [3.63, 3.8) is 0 Å². The van der Waals surface area contributed by atoms with Crippen LogP contribution in [0.2, 0.25) is 0 Å². The number of hydrogen-bond acceptors (Lipinski definition) is 6. The summed E-state index contributed by atoms with van der Waals surface area (Å²) >= 11 is 0. The Balaban J connectivity index is 1.98. The second kappa shape index (κ2) is 4.93. The molecular weight excluding hydrogens is 292 g/mol. The number of nitrogens with zero attached hydrogens (tertiary/aromatic N) is 5. The van der Waals surface area contributed by atoms with Crippen molar-refractivity contribution in [1.82, 2.24) is 15.2 Å². The van der Waals surface area contributed by atoms with Gasteiger partial charge in [0.1, 0.15) is 11.7 Å².